The van der Waals surface area contributed by atoms with Gasteiger partial charge in [-0.25, -0.2) is 9.37 Å². The van der Waals surface area contributed by atoms with E-state index in [9.17, 15) is 18.8 Å². The van der Waals surface area contributed by atoms with Crippen molar-refractivity contribution in [1.82, 2.24) is 14.9 Å². The number of methoxy groups -OCH3 is 1. The number of benzene rings is 2. The van der Waals surface area contributed by atoms with Crippen molar-refractivity contribution >= 4 is 30.8 Å². The molecule has 2 aromatic carbocycles. The topological polar surface area (TPSA) is 102 Å². The molecule has 0 saturated carbocycles. The summed E-state index contributed by atoms with van der Waals surface area (Å²) in [5, 5.41) is 6.03. The Hall–Kier alpha value is -3.63. The van der Waals surface area contributed by atoms with E-state index in [1.165, 1.54) is 24.7 Å². The molecule has 1 atom stereocenters. The van der Waals surface area contributed by atoms with Gasteiger partial charge >= 0.3 is 0 Å². The number of anilines is 1. The first kappa shape index (κ1) is 26.0. The molecular weight excluding hydrogens is 467 g/mol. The predicted molar refractivity (Wildman–Crippen MR) is 135 cm³/mol. The first-order chi connectivity index (χ1) is 16.6. The zero-order valence-corrected chi connectivity index (χ0v) is 21.2. The van der Waals surface area contributed by atoms with Gasteiger partial charge in [0, 0.05) is 25.1 Å². The number of carbonyl (C=O) groups is 2. The molecule has 10 heteroatoms. The van der Waals surface area contributed by atoms with Crippen LogP contribution in [0, 0.1) is 5.82 Å². The third-order valence-corrected chi connectivity index (χ3v) is 7.36. The Bertz CT molecular complexity index is 1260. The lowest BCUT2D eigenvalue weighted by atomic mass is 10.0. The molecule has 2 amide bonds. The van der Waals surface area contributed by atoms with Crippen LogP contribution in [0.5, 0.6) is 0 Å². The van der Waals surface area contributed by atoms with E-state index in [1.807, 2.05) is 19.6 Å². The van der Waals surface area contributed by atoms with Gasteiger partial charge in [-0.05, 0) is 28.4 Å². The van der Waals surface area contributed by atoms with E-state index in [-0.39, 0.29) is 18.0 Å². The van der Waals surface area contributed by atoms with E-state index < -0.39 is 31.5 Å². The number of halogens is 1. The van der Waals surface area contributed by atoms with Crippen molar-refractivity contribution in [1.29, 1.82) is 0 Å². The maximum Gasteiger partial charge on any atom is 0.253 e. The summed E-state index contributed by atoms with van der Waals surface area (Å²) in [6, 6.07) is 11.8. The van der Waals surface area contributed by atoms with Crippen LogP contribution in [0.2, 0.25) is 19.6 Å². The molecule has 2 N–H and O–H groups in total. The van der Waals surface area contributed by atoms with Crippen LogP contribution in [-0.4, -0.2) is 36.5 Å². The van der Waals surface area contributed by atoms with Crippen molar-refractivity contribution in [3.05, 3.63) is 88.4 Å². The summed E-state index contributed by atoms with van der Waals surface area (Å²) in [6.45, 7) is 6.20. The van der Waals surface area contributed by atoms with Gasteiger partial charge in [-0.3, -0.25) is 19.0 Å². The Balaban J connectivity index is 1.85. The van der Waals surface area contributed by atoms with Crippen LogP contribution in [0.3, 0.4) is 0 Å². The van der Waals surface area contributed by atoms with Crippen molar-refractivity contribution in [2.75, 3.05) is 12.4 Å². The number of hydrogen-bond acceptors (Lipinski definition) is 5. The van der Waals surface area contributed by atoms with E-state index in [4.69, 9.17) is 4.74 Å². The highest BCUT2D eigenvalue weighted by atomic mass is 28.3. The monoisotopic (exact) mass is 496 g/mol. The third-order valence-electron chi connectivity index (χ3n) is 5.34. The van der Waals surface area contributed by atoms with E-state index >= 15 is 0 Å². The first-order valence-corrected chi connectivity index (χ1v) is 14.6. The van der Waals surface area contributed by atoms with Crippen LogP contribution in [-0.2, 0) is 27.5 Å². The fourth-order valence-corrected chi connectivity index (χ4v) is 4.92. The minimum absolute atomic E-state index is 0.285. The number of rotatable bonds is 9. The predicted octanol–water partition coefficient (Wildman–Crippen LogP) is 2.57. The van der Waals surface area contributed by atoms with Crippen molar-refractivity contribution in [2.24, 2.45) is 0 Å². The lowest BCUT2D eigenvalue weighted by Crippen LogP contribution is -2.41. The lowest BCUT2D eigenvalue weighted by molar-refractivity contribution is -0.127. The Morgan fingerprint density at radius 2 is 1.83 bits per heavy atom. The number of carbonyl (C=O) groups excluding carboxylic acids is 2. The number of amides is 2. The van der Waals surface area contributed by atoms with Gasteiger partial charge in [-0.2, -0.15) is 0 Å². The Morgan fingerprint density at radius 3 is 2.43 bits per heavy atom. The molecule has 0 radical (unpaired) electrons. The van der Waals surface area contributed by atoms with Gasteiger partial charge in [-0.1, -0.05) is 50.0 Å². The highest BCUT2D eigenvalue weighted by molar-refractivity contribution is 6.88. The molecule has 0 saturated heterocycles. The molecule has 1 aromatic heterocycles. The molecule has 0 fully saturated rings. The summed E-state index contributed by atoms with van der Waals surface area (Å²) in [5.41, 5.74) is 1.31. The van der Waals surface area contributed by atoms with E-state index in [0.29, 0.717) is 17.4 Å². The molecule has 0 unspecified atom stereocenters. The minimum Gasteiger partial charge on any atom is -0.380 e. The van der Waals surface area contributed by atoms with Crippen molar-refractivity contribution < 1.29 is 18.7 Å². The van der Waals surface area contributed by atoms with Gasteiger partial charge in [-0.15, -0.1) is 0 Å². The van der Waals surface area contributed by atoms with Gasteiger partial charge in [0.15, 0.2) is 0 Å². The van der Waals surface area contributed by atoms with E-state index in [0.717, 1.165) is 10.1 Å². The largest absolute Gasteiger partial charge is 0.380 e. The molecule has 3 rings (SSSR count). The molecular formula is C25H29FN4O4Si. The minimum atomic E-state index is -1.88. The summed E-state index contributed by atoms with van der Waals surface area (Å²) < 4.78 is 20.9. The quantitative estimate of drug-likeness (QED) is 0.444. The molecule has 1 heterocycles. The second kappa shape index (κ2) is 11.2. The molecule has 0 aliphatic rings. The van der Waals surface area contributed by atoms with Crippen LogP contribution >= 0.6 is 0 Å². The number of nitrogens with one attached hydrogen (secondary N) is 2. The highest BCUT2D eigenvalue weighted by Gasteiger charge is 2.25. The fraction of sp³-hybridized carbons (Fsp3) is 0.280. The van der Waals surface area contributed by atoms with Gasteiger partial charge in [0.1, 0.15) is 18.4 Å². The summed E-state index contributed by atoms with van der Waals surface area (Å²) in [7, 11) is -0.298. The maximum absolute atomic E-state index is 14.7. The second-order valence-electron chi connectivity index (χ2n) is 9.16. The Morgan fingerprint density at radius 1 is 1.11 bits per heavy atom. The van der Waals surface area contributed by atoms with Crippen LogP contribution in [0.1, 0.15) is 17.2 Å². The summed E-state index contributed by atoms with van der Waals surface area (Å²) in [5.74, 6) is -1.47. The number of aromatic nitrogens is 2. The Labute approximate surface area is 204 Å². The molecule has 8 nitrogen and oxygen atoms in total. The molecule has 0 aliphatic carbocycles. The molecule has 3 aromatic rings. The van der Waals surface area contributed by atoms with Gasteiger partial charge in [0.25, 0.3) is 11.5 Å². The normalized spacial score (nSPS) is 12.1. The number of ether oxygens (including phenoxy) is 1. The van der Waals surface area contributed by atoms with Crippen molar-refractivity contribution in [3.63, 3.8) is 0 Å². The van der Waals surface area contributed by atoms with E-state index in [1.54, 1.807) is 43.5 Å². The van der Waals surface area contributed by atoms with Crippen molar-refractivity contribution in [2.45, 2.75) is 38.8 Å². The fourth-order valence-electron chi connectivity index (χ4n) is 3.55. The third kappa shape index (κ3) is 6.93. The van der Waals surface area contributed by atoms with Crippen LogP contribution in [0.25, 0.3) is 0 Å². The number of hydrogen-bond donors (Lipinski definition) is 2. The molecule has 0 aliphatic heterocycles. The Kier molecular flexibility index (Phi) is 8.31. The second-order valence-corrected chi connectivity index (χ2v) is 14.2. The molecule has 0 spiro atoms. The van der Waals surface area contributed by atoms with Crippen LogP contribution in [0.15, 0.2) is 65.8 Å². The summed E-state index contributed by atoms with van der Waals surface area (Å²) in [6.07, 6.45) is 2.58. The summed E-state index contributed by atoms with van der Waals surface area (Å²) in [4.78, 5) is 41.7. The van der Waals surface area contributed by atoms with Crippen molar-refractivity contribution in [3.8, 4) is 0 Å². The molecule has 0 bridgehead atoms. The highest BCUT2D eigenvalue weighted by Crippen LogP contribution is 2.19. The zero-order chi connectivity index (χ0) is 25.6. The average molecular weight is 497 g/mol. The maximum atomic E-state index is 14.7. The van der Waals surface area contributed by atoms with Gasteiger partial charge in [0.05, 0.1) is 21.0 Å². The standard InChI is InChI=1S/C25H29FN4O4Si/c1-34-15-17-5-7-18(8-6-17)24(29-22(31)14-30-16-27-12-11-23(30)32)25(33)28-19-9-10-21(20(26)13-19)35(2,3)4/h5-13,16,24H,14-15H2,1-4H3,(H,28,33)(H,29,31)/t24-/m1/s1. The van der Waals surface area contributed by atoms with Gasteiger partial charge in [0.2, 0.25) is 5.91 Å². The molecule has 35 heavy (non-hydrogen) atoms. The van der Waals surface area contributed by atoms with Crippen LogP contribution in [0.4, 0.5) is 10.1 Å². The average Bonchev–Trinajstić information content (AvgIpc) is 2.79. The smallest absolute Gasteiger partial charge is 0.253 e. The number of nitrogens with zero attached hydrogens (tertiary/aromatic N) is 2. The lowest BCUT2D eigenvalue weighted by Gasteiger charge is -2.21. The first-order valence-electron chi connectivity index (χ1n) is 11.1. The zero-order valence-electron chi connectivity index (χ0n) is 20.2. The SMILES string of the molecule is COCc1ccc([C@@H](NC(=O)Cn2cnccc2=O)C(=O)Nc2ccc([Si](C)(C)C)c(F)c2)cc1. The van der Waals surface area contributed by atoms with E-state index in [2.05, 4.69) is 15.6 Å². The summed E-state index contributed by atoms with van der Waals surface area (Å²) >= 11 is 0. The van der Waals surface area contributed by atoms with Crippen LogP contribution < -0.4 is 21.4 Å². The molecule has 184 valence electrons. The van der Waals surface area contributed by atoms with Gasteiger partial charge < -0.3 is 15.4 Å².